The Morgan fingerprint density at radius 3 is 2.67 bits per heavy atom. The predicted molar refractivity (Wildman–Crippen MR) is 85.5 cm³/mol. The number of hydrogen-bond donors (Lipinski definition) is 2. The monoisotopic (exact) mass is 285 g/mol. The molecule has 0 saturated heterocycles. The van der Waals surface area contributed by atoms with E-state index in [-0.39, 0.29) is 0 Å². The fourth-order valence-corrected chi connectivity index (χ4v) is 2.47. The molecule has 0 spiro atoms. The number of rotatable bonds is 7. The Kier molecular flexibility index (Phi) is 5.78. The van der Waals surface area contributed by atoms with Gasteiger partial charge >= 0.3 is 0 Å². The average molecular weight is 285 g/mol. The molecule has 0 heterocycles. The molecule has 2 rings (SSSR count). The number of aliphatic hydroxyl groups is 1. The van der Waals surface area contributed by atoms with Crippen LogP contribution in [0.5, 0.6) is 5.75 Å². The molecule has 3 nitrogen and oxygen atoms in total. The third-order valence-electron chi connectivity index (χ3n) is 3.65. The van der Waals surface area contributed by atoms with Gasteiger partial charge in [-0.15, -0.1) is 0 Å². The number of hydrogen-bond acceptors (Lipinski definition) is 3. The van der Waals surface area contributed by atoms with E-state index in [1.807, 2.05) is 30.3 Å². The van der Waals surface area contributed by atoms with Crippen LogP contribution in [0.4, 0.5) is 0 Å². The molecule has 0 amide bonds. The van der Waals surface area contributed by atoms with E-state index >= 15 is 0 Å². The van der Waals surface area contributed by atoms with Crippen molar-refractivity contribution in [2.45, 2.75) is 25.4 Å². The van der Waals surface area contributed by atoms with Gasteiger partial charge in [-0.1, -0.05) is 42.5 Å². The lowest BCUT2D eigenvalue weighted by Crippen LogP contribution is -2.07. The van der Waals surface area contributed by atoms with Crippen molar-refractivity contribution in [2.24, 2.45) is 5.73 Å². The van der Waals surface area contributed by atoms with E-state index in [0.29, 0.717) is 13.0 Å². The van der Waals surface area contributed by atoms with Crippen LogP contribution in [-0.4, -0.2) is 18.8 Å². The normalized spacial score (nSPS) is 12.1. The zero-order valence-corrected chi connectivity index (χ0v) is 12.5. The van der Waals surface area contributed by atoms with Crippen LogP contribution in [0.3, 0.4) is 0 Å². The van der Waals surface area contributed by atoms with Crippen LogP contribution >= 0.6 is 0 Å². The molecule has 0 aliphatic carbocycles. The highest BCUT2D eigenvalue weighted by atomic mass is 16.5. The van der Waals surface area contributed by atoms with Crippen LogP contribution < -0.4 is 10.5 Å². The lowest BCUT2D eigenvalue weighted by molar-refractivity contribution is 0.170. The Balaban J connectivity index is 2.05. The quantitative estimate of drug-likeness (QED) is 0.822. The molecule has 0 fully saturated rings. The predicted octanol–water partition coefficient (Wildman–Crippen LogP) is 2.86. The number of benzene rings is 2. The van der Waals surface area contributed by atoms with Crippen molar-refractivity contribution in [3.63, 3.8) is 0 Å². The van der Waals surface area contributed by atoms with Gasteiger partial charge in [0.1, 0.15) is 5.75 Å². The van der Waals surface area contributed by atoms with Gasteiger partial charge < -0.3 is 15.6 Å². The first kappa shape index (κ1) is 15.5. The van der Waals surface area contributed by atoms with E-state index in [0.717, 1.165) is 24.2 Å². The molecule has 0 aliphatic rings. The first-order valence-electron chi connectivity index (χ1n) is 7.33. The molecule has 3 N–H and O–H groups in total. The molecule has 2 aromatic rings. The van der Waals surface area contributed by atoms with E-state index in [4.69, 9.17) is 10.5 Å². The molecule has 3 heteroatoms. The van der Waals surface area contributed by atoms with Crippen molar-refractivity contribution in [2.75, 3.05) is 13.7 Å². The number of nitrogens with two attached hydrogens (primary N) is 1. The van der Waals surface area contributed by atoms with E-state index in [1.54, 1.807) is 7.11 Å². The van der Waals surface area contributed by atoms with E-state index in [1.165, 1.54) is 11.1 Å². The highest BCUT2D eigenvalue weighted by Crippen LogP contribution is 2.21. The van der Waals surface area contributed by atoms with Crippen molar-refractivity contribution in [3.05, 3.63) is 65.2 Å². The summed E-state index contributed by atoms with van der Waals surface area (Å²) in [5, 5.41) is 10.0. The second-order valence-corrected chi connectivity index (χ2v) is 5.15. The third kappa shape index (κ3) is 4.31. The third-order valence-corrected chi connectivity index (χ3v) is 3.65. The topological polar surface area (TPSA) is 55.5 Å². The van der Waals surface area contributed by atoms with E-state index in [2.05, 4.69) is 18.2 Å². The molecule has 0 radical (unpaired) electrons. The largest absolute Gasteiger partial charge is 0.496 e. The zero-order valence-electron chi connectivity index (χ0n) is 12.5. The van der Waals surface area contributed by atoms with Gasteiger partial charge in [-0.25, -0.2) is 0 Å². The summed E-state index contributed by atoms with van der Waals surface area (Å²) in [5.41, 5.74) is 8.86. The summed E-state index contributed by atoms with van der Waals surface area (Å²) in [6.07, 6.45) is 1.96. The molecule has 0 aliphatic heterocycles. The van der Waals surface area contributed by atoms with Gasteiger partial charge in [0.05, 0.1) is 13.2 Å². The lowest BCUT2D eigenvalue weighted by Gasteiger charge is -2.12. The van der Waals surface area contributed by atoms with E-state index in [9.17, 15) is 5.11 Å². The molecular formula is C18H23NO2. The second-order valence-electron chi connectivity index (χ2n) is 5.15. The van der Waals surface area contributed by atoms with Crippen LogP contribution in [0, 0.1) is 0 Å². The minimum atomic E-state index is -0.471. The summed E-state index contributed by atoms with van der Waals surface area (Å²) in [7, 11) is 1.70. The molecule has 112 valence electrons. The van der Waals surface area contributed by atoms with Crippen molar-refractivity contribution >= 4 is 0 Å². The first-order chi connectivity index (χ1) is 10.2. The molecule has 1 unspecified atom stereocenters. The SMILES string of the molecule is COc1ccccc1CCc1cccc(C(O)CCN)c1. The van der Waals surface area contributed by atoms with Gasteiger partial charge in [0.15, 0.2) is 0 Å². The summed E-state index contributed by atoms with van der Waals surface area (Å²) in [4.78, 5) is 0. The average Bonchev–Trinajstić information content (AvgIpc) is 2.53. The minimum absolute atomic E-state index is 0.471. The number of ether oxygens (including phenoxy) is 1. The Labute approximate surface area is 126 Å². The molecule has 0 aromatic heterocycles. The molecule has 1 atom stereocenters. The molecule has 2 aromatic carbocycles. The lowest BCUT2D eigenvalue weighted by atomic mass is 9.99. The zero-order chi connectivity index (χ0) is 15.1. The molecule has 21 heavy (non-hydrogen) atoms. The van der Waals surface area contributed by atoms with Crippen LogP contribution in [0.1, 0.15) is 29.2 Å². The van der Waals surface area contributed by atoms with Gasteiger partial charge in [-0.3, -0.25) is 0 Å². The highest BCUT2D eigenvalue weighted by Gasteiger charge is 2.07. The maximum atomic E-state index is 10.0. The summed E-state index contributed by atoms with van der Waals surface area (Å²) in [6.45, 7) is 0.493. The fourth-order valence-electron chi connectivity index (χ4n) is 2.47. The van der Waals surface area contributed by atoms with Crippen molar-refractivity contribution in [1.82, 2.24) is 0 Å². The standard InChI is InChI=1S/C18H23NO2/c1-21-18-8-3-2-6-15(18)10-9-14-5-4-7-16(13-14)17(20)11-12-19/h2-8,13,17,20H,9-12,19H2,1H3. The Bertz CT molecular complexity index is 569. The highest BCUT2D eigenvalue weighted by molar-refractivity contribution is 5.34. The maximum absolute atomic E-state index is 10.0. The number of aryl methyl sites for hydroxylation is 2. The van der Waals surface area contributed by atoms with Gasteiger partial charge in [0.25, 0.3) is 0 Å². The first-order valence-corrected chi connectivity index (χ1v) is 7.33. The van der Waals surface area contributed by atoms with E-state index < -0.39 is 6.10 Å². The molecule has 0 saturated carbocycles. The van der Waals surface area contributed by atoms with Crippen LogP contribution in [0.15, 0.2) is 48.5 Å². The number of aliphatic hydroxyl groups excluding tert-OH is 1. The Morgan fingerprint density at radius 1 is 1.10 bits per heavy atom. The maximum Gasteiger partial charge on any atom is 0.122 e. The van der Waals surface area contributed by atoms with Gasteiger partial charge in [-0.05, 0) is 48.6 Å². The fraction of sp³-hybridized carbons (Fsp3) is 0.333. The summed E-state index contributed by atoms with van der Waals surface area (Å²) >= 11 is 0. The summed E-state index contributed by atoms with van der Waals surface area (Å²) in [6, 6.07) is 16.2. The summed E-state index contributed by atoms with van der Waals surface area (Å²) in [5.74, 6) is 0.928. The second kappa shape index (κ2) is 7.81. The molecule has 0 bridgehead atoms. The number of methoxy groups -OCH3 is 1. The Morgan fingerprint density at radius 2 is 1.90 bits per heavy atom. The van der Waals surface area contributed by atoms with Crippen molar-refractivity contribution in [3.8, 4) is 5.75 Å². The van der Waals surface area contributed by atoms with Crippen LogP contribution in [-0.2, 0) is 12.8 Å². The minimum Gasteiger partial charge on any atom is -0.496 e. The molecular weight excluding hydrogens is 262 g/mol. The smallest absolute Gasteiger partial charge is 0.122 e. The van der Waals surface area contributed by atoms with Crippen molar-refractivity contribution in [1.29, 1.82) is 0 Å². The van der Waals surface area contributed by atoms with Gasteiger partial charge in [0.2, 0.25) is 0 Å². The van der Waals surface area contributed by atoms with Crippen LogP contribution in [0.2, 0.25) is 0 Å². The van der Waals surface area contributed by atoms with Crippen molar-refractivity contribution < 1.29 is 9.84 Å². The number of para-hydroxylation sites is 1. The van der Waals surface area contributed by atoms with Gasteiger partial charge in [0, 0.05) is 0 Å². The van der Waals surface area contributed by atoms with Crippen LogP contribution in [0.25, 0.3) is 0 Å². The van der Waals surface area contributed by atoms with Gasteiger partial charge in [-0.2, -0.15) is 0 Å². The Hall–Kier alpha value is -1.84. The summed E-state index contributed by atoms with van der Waals surface area (Å²) < 4.78 is 5.37.